The molecule has 2 aromatic carbocycles. The van der Waals surface area contributed by atoms with Crippen LogP contribution in [0.15, 0.2) is 53.5 Å². The highest BCUT2D eigenvalue weighted by molar-refractivity contribution is 14.0. The van der Waals surface area contributed by atoms with Crippen LogP contribution in [0, 0.1) is 6.92 Å². The van der Waals surface area contributed by atoms with Crippen LogP contribution in [0.2, 0.25) is 0 Å². The van der Waals surface area contributed by atoms with Crippen LogP contribution in [0.3, 0.4) is 0 Å². The van der Waals surface area contributed by atoms with E-state index in [2.05, 4.69) is 50.3 Å². The second-order valence-corrected chi connectivity index (χ2v) is 7.73. The SMILES string of the molecule is CN=C(NCCCn1c(C)nc2ccccc21)NCCc1cccc(C(=O)N(C)C)c1.I. The first-order valence-electron chi connectivity index (χ1n) is 10.7. The molecule has 0 saturated heterocycles. The monoisotopic (exact) mass is 548 g/mol. The molecule has 0 atom stereocenters. The number of benzene rings is 2. The zero-order chi connectivity index (χ0) is 22.2. The fourth-order valence-electron chi connectivity index (χ4n) is 3.59. The molecule has 0 fully saturated rings. The molecule has 0 radical (unpaired) electrons. The van der Waals surface area contributed by atoms with Gasteiger partial charge in [0.1, 0.15) is 5.82 Å². The molecule has 0 aliphatic heterocycles. The lowest BCUT2D eigenvalue weighted by atomic mass is 10.1. The van der Waals surface area contributed by atoms with Crippen LogP contribution in [0.1, 0.15) is 28.2 Å². The zero-order valence-corrected chi connectivity index (χ0v) is 21.6. The van der Waals surface area contributed by atoms with Gasteiger partial charge in [0, 0.05) is 46.3 Å². The van der Waals surface area contributed by atoms with Crippen LogP contribution in [-0.2, 0) is 13.0 Å². The van der Waals surface area contributed by atoms with Gasteiger partial charge in [-0.2, -0.15) is 0 Å². The lowest BCUT2D eigenvalue weighted by Gasteiger charge is -2.13. The third kappa shape index (κ3) is 6.69. The Bertz CT molecular complexity index is 1060. The van der Waals surface area contributed by atoms with Gasteiger partial charge in [0.2, 0.25) is 0 Å². The van der Waals surface area contributed by atoms with Crippen LogP contribution in [0.4, 0.5) is 0 Å². The Balaban J connectivity index is 0.00000363. The molecule has 1 heterocycles. The second kappa shape index (κ2) is 12.4. The number of hydrogen-bond acceptors (Lipinski definition) is 3. The van der Waals surface area contributed by atoms with Crippen molar-refractivity contribution in [2.45, 2.75) is 26.3 Å². The third-order valence-corrected chi connectivity index (χ3v) is 5.21. The fraction of sp³-hybridized carbons (Fsp3) is 0.375. The lowest BCUT2D eigenvalue weighted by Crippen LogP contribution is -2.39. The zero-order valence-electron chi connectivity index (χ0n) is 19.3. The highest BCUT2D eigenvalue weighted by Crippen LogP contribution is 2.15. The number of carbonyl (C=O) groups is 1. The van der Waals surface area contributed by atoms with Gasteiger partial charge in [-0.1, -0.05) is 24.3 Å². The minimum Gasteiger partial charge on any atom is -0.356 e. The number of rotatable bonds is 8. The van der Waals surface area contributed by atoms with Crippen molar-refractivity contribution < 1.29 is 4.79 Å². The first kappa shape index (κ1) is 25.6. The lowest BCUT2D eigenvalue weighted by molar-refractivity contribution is 0.0827. The van der Waals surface area contributed by atoms with Crippen molar-refractivity contribution in [2.75, 3.05) is 34.2 Å². The number of aromatic nitrogens is 2. The van der Waals surface area contributed by atoms with Crippen molar-refractivity contribution in [3.8, 4) is 0 Å². The summed E-state index contributed by atoms with van der Waals surface area (Å²) in [6.07, 6.45) is 1.78. The van der Waals surface area contributed by atoms with E-state index in [4.69, 9.17) is 0 Å². The molecule has 172 valence electrons. The highest BCUT2D eigenvalue weighted by atomic mass is 127. The molecule has 0 saturated carbocycles. The highest BCUT2D eigenvalue weighted by Gasteiger charge is 2.08. The van der Waals surface area contributed by atoms with Crippen molar-refractivity contribution in [1.29, 1.82) is 0 Å². The van der Waals surface area contributed by atoms with Gasteiger partial charge in [0.15, 0.2) is 5.96 Å². The van der Waals surface area contributed by atoms with Crippen LogP contribution >= 0.6 is 24.0 Å². The summed E-state index contributed by atoms with van der Waals surface area (Å²) >= 11 is 0. The second-order valence-electron chi connectivity index (χ2n) is 7.73. The number of nitrogens with zero attached hydrogens (tertiary/aromatic N) is 4. The first-order valence-corrected chi connectivity index (χ1v) is 10.7. The average molecular weight is 548 g/mol. The van der Waals surface area contributed by atoms with Crippen LogP contribution in [-0.4, -0.2) is 60.6 Å². The van der Waals surface area contributed by atoms with Crippen molar-refractivity contribution in [3.05, 3.63) is 65.5 Å². The molecular weight excluding hydrogens is 515 g/mol. The minimum absolute atomic E-state index is 0. The maximum Gasteiger partial charge on any atom is 0.253 e. The van der Waals surface area contributed by atoms with Gasteiger partial charge in [0.05, 0.1) is 11.0 Å². The van der Waals surface area contributed by atoms with Gasteiger partial charge in [-0.05, 0) is 49.6 Å². The standard InChI is InChI=1S/C24H32N6O.HI/c1-18-28-21-11-5-6-12-22(21)30(18)16-8-14-26-24(25-2)27-15-13-19-9-7-10-20(17-19)23(31)29(3)4;/h5-7,9-12,17H,8,13-16H2,1-4H3,(H2,25,26,27);1H. The maximum absolute atomic E-state index is 12.1. The smallest absolute Gasteiger partial charge is 0.253 e. The first-order chi connectivity index (χ1) is 15.0. The van der Waals surface area contributed by atoms with E-state index in [0.29, 0.717) is 5.56 Å². The van der Waals surface area contributed by atoms with E-state index in [1.807, 2.05) is 30.3 Å². The molecule has 0 unspecified atom stereocenters. The molecule has 0 bridgehead atoms. The van der Waals surface area contributed by atoms with Gasteiger partial charge in [0.25, 0.3) is 5.91 Å². The largest absolute Gasteiger partial charge is 0.356 e. The van der Waals surface area contributed by atoms with E-state index in [1.165, 1.54) is 5.52 Å². The van der Waals surface area contributed by atoms with Crippen molar-refractivity contribution in [1.82, 2.24) is 25.1 Å². The van der Waals surface area contributed by atoms with Gasteiger partial charge >= 0.3 is 0 Å². The number of nitrogens with one attached hydrogen (secondary N) is 2. The van der Waals surface area contributed by atoms with Gasteiger partial charge in [-0.3, -0.25) is 9.79 Å². The number of aliphatic imine (C=N–C) groups is 1. The number of amides is 1. The Hall–Kier alpha value is -2.62. The molecule has 0 spiro atoms. The molecule has 0 aliphatic rings. The van der Waals surface area contributed by atoms with E-state index in [1.54, 1.807) is 26.0 Å². The van der Waals surface area contributed by atoms with Crippen LogP contribution < -0.4 is 10.6 Å². The summed E-state index contributed by atoms with van der Waals surface area (Å²) in [5, 5.41) is 6.72. The summed E-state index contributed by atoms with van der Waals surface area (Å²) in [6.45, 7) is 4.51. The molecule has 3 aromatic rings. The average Bonchev–Trinajstić information content (AvgIpc) is 3.10. The van der Waals surface area contributed by atoms with E-state index in [9.17, 15) is 4.79 Å². The molecule has 7 nitrogen and oxygen atoms in total. The molecule has 8 heteroatoms. The fourth-order valence-corrected chi connectivity index (χ4v) is 3.59. The number of imidazole rings is 1. The third-order valence-electron chi connectivity index (χ3n) is 5.21. The summed E-state index contributed by atoms with van der Waals surface area (Å²) in [4.78, 5) is 22.6. The summed E-state index contributed by atoms with van der Waals surface area (Å²) in [6, 6.07) is 16.0. The predicted octanol–water partition coefficient (Wildman–Crippen LogP) is 3.46. The Kier molecular flexibility index (Phi) is 9.96. The maximum atomic E-state index is 12.1. The number of fused-ring (bicyclic) bond motifs is 1. The number of halogens is 1. The summed E-state index contributed by atoms with van der Waals surface area (Å²) < 4.78 is 2.26. The molecular formula is C24H33IN6O. The number of hydrogen-bond donors (Lipinski definition) is 2. The van der Waals surface area contributed by atoms with Gasteiger partial charge < -0.3 is 20.1 Å². The van der Waals surface area contributed by atoms with Crippen LogP contribution in [0.25, 0.3) is 11.0 Å². The summed E-state index contributed by atoms with van der Waals surface area (Å²) in [5.74, 6) is 1.85. The normalized spacial score (nSPS) is 11.2. The van der Waals surface area contributed by atoms with Crippen molar-refractivity contribution >= 4 is 46.9 Å². The van der Waals surface area contributed by atoms with Crippen molar-refractivity contribution in [2.24, 2.45) is 4.99 Å². The van der Waals surface area contributed by atoms with E-state index in [-0.39, 0.29) is 29.9 Å². The molecule has 1 aromatic heterocycles. The Morgan fingerprint density at radius 1 is 1.09 bits per heavy atom. The number of guanidine groups is 1. The molecule has 32 heavy (non-hydrogen) atoms. The van der Waals surface area contributed by atoms with Crippen molar-refractivity contribution in [3.63, 3.8) is 0 Å². The summed E-state index contributed by atoms with van der Waals surface area (Å²) in [5.41, 5.74) is 4.06. The molecule has 2 N–H and O–H groups in total. The van der Waals surface area contributed by atoms with E-state index < -0.39 is 0 Å². The van der Waals surface area contributed by atoms with Gasteiger partial charge in [-0.25, -0.2) is 4.98 Å². The summed E-state index contributed by atoms with van der Waals surface area (Å²) in [7, 11) is 5.31. The number of carbonyl (C=O) groups excluding carboxylic acids is 1. The predicted molar refractivity (Wildman–Crippen MR) is 142 cm³/mol. The van der Waals surface area contributed by atoms with Crippen LogP contribution in [0.5, 0.6) is 0 Å². The van der Waals surface area contributed by atoms with E-state index in [0.717, 1.165) is 55.3 Å². The molecule has 3 rings (SSSR count). The Morgan fingerprint density at radius 3 is 2.59 bits per heavy atom. The van der Waals surface area contributed by atoms with E-state index >= 15 is 0 Å². The molecule has 1 amide bonds. The quantitative estimate of drug-likeness (QED) is 0.196. The number of aryl methyl sites for hydroxylation is 2. The Morgan fingerprint density at radius 2 is 1.84 bits per heavy atom. The van der Waals surface area contributed by atoms with Gasteiger partial charge in [-0.15, -0.1) is 24.0 Å². The molecule has 0 aliphatic carbocycles. The minimum atomic E-state index is 0. The topological polar surface area (TPSA) is 74.5 Å². The number of para-hydroxylation sites is 2. The Labute approximate surface area is 207 Å².